The van der Waals surface area contributed by atoms with Crippen LogP contribution in [0.4, 0.5) is 0 Å². The first-order chi connectivity index (χ1) is 8.36. The van der Waals surface area contributed by atoms with E-state index in [1.54, 1.807) is 11.7 Å². The van der Waals surface area contributed by atoms with E-state index in [1.807, 2.05) is 18.2 Å². The van der Waals surface area contributed by atoms with Gasteiger partial charge in [-0.3, -0.25) is 9.78 Å². The molecule has 0 N–H and O–H groups in total. The van der Waals surface area contributed by atoms with E-state index in [1.165, 1.54) is 11.3 Å². The number of ether oxygens (including phenoxy) is 1. The highest BCUT2D eigenvalue weighted by Crippen LogP contribution is 2.30. The standard InChI is InChI=1S/C13H11NO2S/c15-12(11-7-14-8-17-11)10-5-1-3-9-4-2-6-16-13(9)10/h1,3,5,7-8H,2,4,6H2. The molecule has 0 amide bonds. The lowest BCUT2D eigenvalue weighted by Gasteiger charge is -2.19. The van der Waals surface area contributed by atoms with Gasteiger partial charge in [0, 0.05) is 6.20 Å². The largest absolute Gasteiger partial charge is 0.493 e. The average molecular weight is 245 g/mol. The Kier molecular flexibility index (Phi) is 2.65. The zero-order valence-corrected chi connectivity index (χ0v) is 10.00. The normalized spacial score (nSPS) is 13.9. The third-order valence-corrected chi connectivity index (χ3v) is 3.61. The minimum absolute atomic E-state index is 0.00579. The predicted molar refractivity (Wildman–Crippen MR) is 65.8 cm³/mol. The number of aryl methyl sites for hydroxylation is 1. The van der Waals surface area contributed by atoms with Gasteiger partial charge in [0.2, 0.25) is 5.78 Å². The Labute approximate surface area is 103 Å². The Morgan fingerprint density at radius 3 is 3.18 bits per heavy atom. The quantitative estimate of drug-likeness (QED) is 0.764. The second kappa shape index (κ2) is 4.30. The van der Waals surface area contributed by atoms with Crippen LogP contribution in [0.3, 0.4) is 0 Å². The summed E-state index contributed by atoms with van der Waals surface area (Å²) in [5.74, 6) is 0.767. The van der Waals surface area contributed by atoms with Crippen molar-refractivity contribution in [1.82, 2.24) is 4.98 Å². The van der Waals surface area contributed by atoms with Crippen LogP contribution in [0.5, 0.6) is 5.75 Å². The molecule has 1 aliphatic rings. The van der Waals surface area contributed by atoms with Crippen molar-refractivity contribution in [3.05, 3.63) is 45.9 Å². The topological polar surface area (TPSA) is 39.2 Å². The van der Waals surface area contributed by atoms with Crippen LogP contribution in [0.2, 0.25) is 0 Å². The van der Waals surface area contributed by atoms with Gasteiger partial charge in [0.1, 0.15) is 5.75 Å². The van der Waals surface area contributed by atoms with E-state index < -0.39 is 0 Å². The molecule has 86 valence electrons. The number of rotatable bonds is 2. The van der Waals surface area contributed by atoms with Gasteiger partial charge in [-0.25, -0.2) is 0 Å². The maximum atomic E-state index is 12.3. The Hall–Kier alpha value is -1.68. The maximum Gasteiger partial charge on any atom is 0.208 e. The molecule has 0 fully saturated rings. The Morgan fingerprint density at radius 1 is 1.41 bits per heavy atom. The van der Waals surface area contributed by atoms with Gasteiger partial charge < -0.3 is 4.74 Å². The summed E-state index contributed by atoms with van der Waals surface area (Å²) in [5.41, 5.74) is 3.46. The van der Waals surface area contributed by atoms with Crippen molar-refractivity contribution in [2.75, 3.05) is 6.61 Å². The SMILES string of the molecule is O=C(c1cncs1)c1cccc2c1OCCC2. The van der Waals surface area contributed by atoms with Crippen LogP contribution < -0.4 is 4.74 Å². The number of nitrogens with zero attached hydrogens (tertiary/aromatic N) is 1. The van der Waals surface area contributed by atoms with Crippen LogP contribution in [0.15, 0.2) is 29.9 Å². The summed E-state index contributed by atoms with van der Waals surface area (Å²) in [5, 5.41) is 0. The molecule has 1 aromatic carbocycles. The van der Waals surface area contributed by atoms with E-state index in [0.717, 1.165) is 24.2 Å². The molecule has 1 aliphatic heterocycles. The van der Waals surface area contributed by atoms with Gasteiger partial charge >= 0.3 is 0 Å². The molecule has 3 rings (SSSR count). The summed E-state index contributed by atoms with van der Waals surface area (Å²) < 4.78 is 5.64. The molecule has 1 aromatic heterocycles. The number of hydrogen-bond donors (Lipinski definition) is 0. The van der Waals surface area contributed by atoms with E-state index in [9.17, 15) is 4.79 Å². The minimum Gasteiger partial charge on any atom is -0.493 e. The number of carbonyl (C=O) groups excluding carboxylic acids is 1. The summed E-state index contributed by atoms with van der Waals surface area (Å²) >= 11 is 1.36. The number of carbonyl (C=O) groups is 1. The van der Waals surface area contributed by atoms with Crippen molar-refractivity contribution in [3.8, 4) is 5.75 Å². The average Bonchev–Trinajstić information content (AvgIpc) is 2.91. The zero-order valence-electron chi connectivity index (χ0n) is 9.18. The fraction of sp³-hybridized carbons (Fsp3) is 0.231. The summed E-state index contributed by atoms with van der Waals surface area (Å²) in [6.45, 7) is 0.694. The number of aromatic nitrogens is 1. The summed E-state index contributed by atoms with van der Waals surface area (Å²) in [6.07, 6.45) is 3.61. The summed E-state index contributed by atoms with van der Waals surface area (Å²) in [7, 11) is 0. The first kappa shape index (κ1) is 10.5. The van der Waals surface area contributed by atoms with E-state index in [-0.39, 0.29) is 5.78 Å². The lowest BCUT2D eigenvalue weighted by atomic mass is 10.00. The van der Waals surface area contributed by atoms with Crippen molar-refractivity contribution in [2.45, 2.75) is 12.8 Å². The van der Waals surface area contributed by atoms with Crippen LogP contribution in [0, 0.1) is 0 Å². The van der Waals surface area contributed by atoms with Gasteiger partial charge in [-0.1, -0.05) is 12.1 Å². The Morgan fingerprint density at radius 2 is 2.35 bits per heavy atom. The van der Waals surface area contributed by atoms with Crippen molar-refractivity contribution in [3.63, 3.8) is 0 Å². The Bertz CT molecular complexity index is 549. The molecule has 0 saturated carbocycles. The third kappa shape index (κ3) is 1.85. The Balaban J connectivity index is 2.06. The fourth-order valence-corrected chi connectivity index (χ4v) is 2.60. The predicted octanol–water partition coefficient (Wildman–Crippen LogP) is 2.70. The van der Waals surface area contributed by atoms with E-state index in [4.69, 9.17) is 4.74 Å². The van der Waals surface area contributed by atoms with Gasteiger partial charge in [0.25, 0.3) is 0 Å². The van der Waals surface area contributed by atoms with Gasteiger partial charge in [0.15, 0.2) is 0 Å². The third-order valence-electron chi connectivity index (χ3n) is 2.83. The van der Waals surface area contributed by atoms with Crippen LogP contribution >= 0.6 is 11.3 Å². The number of hydrogen-bond acceptors (Lipinski definition) is 4. The van der Waals surface area contributed by atoms with E-state index in [0.29, 0.717) is 17.0 Å². The van der Waals surface area contributed by atoms with Gasteiger partial charge in [-0.05, 0) is 24.5 Å². The van der Waals surface area contributed by atoms with Crippen LogP contribution in [0.25, 0.3) is 0 Å². The highest BCUT2D eigenvalue weighted by Gasteiger charge is 2.20. The number of thiazole rings is 1. The lowest BCUT2D eigenvalue weighted by molar-refractivity contribution is 0.103. The molecule has 0 atom stereocenters. The van der Waals surface area contributed by atoms with Crippen LogP contribution in [-0.2, 0) is 6.42 Å². The van der Waals surface area contributed by atoms with Crippen molar-refractivity contribution in [1.29, 1.82) is 0 Å². The van der Waals surface area contributed by atoms with Crippen LogP contribution in [-0.4, -0.2) is 17.4 Å². The molecular formula is C13H11NO2S. The first-order valence-corrected chi connectivity index (χ1v) is 6.42. The minimum atomic E-state index is 0.00579. The summed E-state index contributed by atoms with van der Waals surface area (Å²) in [6, 6.07) is 5.77. The highest BCUT2D eigenvalue weighted by molar-refractivity contribution is 7.11. The monoisotopic (exact) mass is 245 g/mol. The van der Waals surface area contributed by atoms with Gasteiger partial charge in [0.05, 0.1) is 22.6 Å². The number of para-hydroxylation sites is 1. The van der Waals surface area contributed by atoms with Gasteiger partial charge in [-0.2, -0.15) is 0 Å². The lowest BCUT2D eigenvalue weighted by Crippen LogP contribution is -2.12. The number of benzene rings is 1. The van der Waals surface area contributed by atoms with Gasteiger partial charge in [-0.15, -0.1) is 11.3 Å². The van der Waals surface area contributed by atoms with Crippen molar-refractivity contribution >= 4 is 17.1 Å². The number of fused-ring (bicyclic) bond motifs is 1. The molecule has 3 nitrogen and oxygen atoms in total. The second-order valence-electron chi connectivity index (χ2n) is 3.94. The maximum absolute atomic E-state index is 12.3. The molecule has 0 bridgehead atoms. The van der Waals surface area contributed by atoms with E-state index >= 15 is 0 Å². The van der Waals surface area contributed by atoms with Crippen LogP contribution in [0.1, 0.15) is 27.2 Å². The smallest absolute Gasteiger partial charge is 0.208 e. The second-order valence-corrected chi connectivity index (χ2v) is 4.83. The summed E-state index contributed by atoms with van der Waals surface area (Å²) in [4.78, 5) is 16.9. The molecule has 2 aromatic rings. The molecule has 4 heteroatoms. The molecule has 0 unspecified atom stereocenters. The molecule has 0 radical (unpaired) electrons. The van der Waals surface area contributed by atoms with Crippen molar-refractivity contribution in [2.24, 2.45) is 0 Å². The van der Waals surface area contributed by atoms with E-state index in [2.05, 4.69) is 4.98 Å². The molecular weight excluding hydrogens is 234 g/mol. The zero-order chi connectivity index (χ0) is 11.7. The molecule has 0 saturated heterocycles. The highest BCUT2D eigenvalue weighted by atomic mass is 32.1. The molecule has 17 heavy (non-hydrogen) atoms. The van der Waals surface area contributed by atoms with Crippen molar-refractivity contribution < 1.29 is 9.53 Å². The number of ketones is 1. The first-order valence-electron chi connectivity index (χ1n) is 5.54. The molecule has 2 heterocycles. The fourth-order valence-electron chi connectivity index (χ4n) is 2.03. The molecule has 0 spiro atoms. The molecule has 0 aliphatic carbocycles.